The maximum absolute atomic E-state index is 12.6. The Balaban J connectivity index is 2.93. The molecule has 1 aromatic carbocycles. The average molecular weight is 248 g/mol. The van der Waals surface area contributed by atoms with Crippen molar-refractivity contribution in [1.82, 2.24) is 0 Å². The zero-order valence-electron chi connectivity index (χ0n) is 10.7. The number of halogens is 1. The number of ether oxygens (including phenoxy) is 1. The molecule has 4 heteroatoms. The Labute approximate surface area is 107 Å². The highest BCUT2D eigenvalue weighted by molar-refractivity contribution is 5.58. The van der Waals surface area contributed by atoms with Crippen molar-refractivity contribution < 1.29 is 9.13 Å². The van der Waals surface area contributed by atoms with Crippen LogP contribution in [0.5, 0.6) is 5.75 Å². The number of allylic oxidation sites excluding steroid dienone is 1. The van der Waals surface area contributed by atoms with Gasteiger partial charge in [-0.15, -0.1) is 0 Å². The fraction of sp³-hybridized carbons (Fsp3) is 0.214. The molecule has 1 aromatic rings. The molecule has 0 radical (unpaired) electrons. The minimum Gasteiger partial charge on any atom is -0.432 e. The highest BCUT2D eigenvalue weighted by Gasteiger charge is 2.05. The van der Waals surface area contributed by atoms with Gasteiger partial charge in [-0.3, -0.25) is 4.99 Å². The zero-order chi connectivity index (χ0) is 13.5. The number of rotatable bonds is 6. The van der Waals surface area contributed by atoms with Crippen LogP contribution in [0.25, 0.3) is 0 Å². The first-order valence-corrected chi connectivity index (χ1v) is 5.62. The summed E-state index contributed by atoms with van der Waals surface area (Å²) < 4.78 is 17.5. The first-order chi connectivity index (χ1) is 8.58. The second-order valence-electron chi connectivity index (χ2n) is 3.68. The molecular weight excluding hydrogens is 231 g/mol. The zero-order valence-corrected chi connectivity index (χ0v) is 10.7. The van der Waals surface area contributed by atoms with Gasteiger partial charge in [-0.25, -0.2) is 0 Å². The molecule has 0 fully saturated rings. The maximum atomic E-state index is 12.6. The van der Waals surface area contributed by atoms with Crippen molar-refractivity contribution in [2.24, 2.45) is 4.99 Å². The molecule has 0 saturated heterocycles. The topological polar surface area (TPSA) is 33.6 Å². The van der Waals surface area contributed by atoms with Crippen molar-refractivity contribution >= 4 is 12.4 Å². The lowest BCUT2D eigenvalue weighted by Crippen LogP contribution is -1.96. The molecule has 0 aliphatic heterocycles. The summed E-state index contributed by atoms with van der Waals surface area (Å²) >= 11 is 0. The summed E-state index contributed by atoms with van der Waals surface area (Å²) in [6.07, 6.45) is 2.55. The Kier molecular flexibility index (Phi) is 5.11. The van der Waals surface area contributed by atoms with E-state index in [1.165, 1.54) is 0 Å². The average Bonchev–Trinajstić information content (AvgIpc) is 2.34. The summed E-state index contributed by atoms with van der Waals surface area (Å²) in [4.78, 5) is 3.87. The molecule has 18 heavy (non-hydrogen) atoms. The van der Waals surface area contributed by atoms with Gasteiger partial charge in [0, 0.05) is 17.5 Å². The molecule has 0 unspecified atom stereocenters. The second-order valence-corrected chi connectivity index (χ2v) is 3.68. The van der Waals surface area contributed by atoms with E-state index < -0.39 is 6.01 Å². The third kappa shape index (κ3) is 3.73. The van der Waals surface area contributed by atoms with Crippen LogP contribution in [0.2, 0.25) is 0 Å². The van der Waals surface area contributed by atoms with E-state index in [0.29, 0.717) is 5.75 Å². The van der Waals surface area contributed by atoms with E-state index in [1.807, 2.05) is 19.9 Å². The van der Waals surface area contributed by atoms with Crippen molar-refractivity contribution in [2.75, 3.05) is 5.32 Å². The quantitative estimate of drug-likeness (QED) is 0.605. The van der Waals surface area contributed by atoms with Gasteiger partial charge in [0.2, 0.25) is 0 Å². The van der Waals surface area contributed by atoms with Crippen molar-refractivity contribution in [3.8, 4) is 5.75 Å². The smallest absolute Gasteiger partial charge is 0.270 e. The number of nitrogens with zero attached hydrogens (tertiary/aromatic N) is 1. The van der Waals surface area contributed by atoms with Crippen molar-refractivity contribution in [3.63, 3.8) is 0 Å². The summed E-state index contributed by atoms with van der Waals surface area (Å²) in [5.74, 6) is 0.436. The van der Waals surface area contributed by atoms with Gasteiger partial charge < -0.3 is 10.1 Å². The second kappa shape index (κ2) is 6.59. The van der Waals surface area contributed by atoms with E-state index in [2.05, 4.69) is 23.6 Å². The fourth-order valence-corrected chi connectivity index (χ4v) is 1.42. The molecule has 96 valence electrons. The van der Waals surface area contributed by atoms with Gasteiger partial charge >= 0.3 is 0 Å². The van der Waals surface area contributed by atoms with Crippen LogP contribution in [0.4, 0.5) is 10.1 Å². The normalized spacial score (nSPS) is 10.9. The number of anilines is 1. The van der Waals surface area contributed by atoms with Gasteiger partial charge in [-0.2, -0.15) is 4.39 Å². The van der Waals surface area contributed by atoms with Gasteiger partial charge in [-0.05, 0) is 38.8 Å². The van der Waals surface area contributed by atoms with Crippen LogP contribution >= 0.6 is 0 Å². The molecule has 1 N–H and O–H groups in total. The Hall–Kier alpha value is -2.10. The minimum atomic E-state index is -0.826. The van der Waals surface area contributed by atoms with Crippen LogP contribution in [-0.4, -0.2) is 6.72 Å². The number of nitrogens with one attached hydrogen (secondary N) is 1. The highest BCUT2D eigenvalue weighted by Crippen LogP contribution is 2.27. The molecule has 0 spiro atoms. The Morgan fingerprint density at radius 3 is 2.83 bits per heavy atom. The van der Waals surface area contributed by atoms with E-state index in [9.17, 15) is 4.39 Å². The third-order valence-corrected chi connectivity index (χ3v) is 2.46. The van der Waals surface area contributed by atoms with Gasteiger partial charge in [0.25, 0.3) is 6.01 Å². The van der Waals surface area contributed by atoms with Crippen molar-refractivity contribution in [3.05, 3.63) is 48.3 Å². The number of hydrogen-bond acceptors (Lipinski definition) is 3. The lowest BCUT2D eigenvalue weighted by Gasteiger charge is -2.11. The van der Waals surface area contributed by atoms with Crippen molar-refractivity contribution in [1.29, 1.82) is 0 Å². The highest BCUT2D eigenvalue weighted by atomic mass is 19.1. The van der Waals surface area contributed by atoms with Crippen LogP contribution in [0.3, 0.4) is 0 Å². The maximum Gasteiger partial charge on any atom is 0.270 e. The number of aliphatic imine (C=N–C) groups is 1. The molecule has 1 rings (SSSR count). The Morgan fingerprint density at radius 2 is 2.28 bits per heavy atom. The number of benzene rings is 1. The van der Waals surface area contributed by atoms with Gasteiger partial charge in [-0.1, -0.05) is 13.0 Å². The van der Waals surface area contributed by atoms with Crippen LogP contribution in [0.1, 0.15) is 18.9 Å². The van der Waals surface area contributed by atoms with Crippen LogP contribution in [0.15, 0.2) is 47.7 Å². The molecule has 0 amide bonds. The van der Waals surface area contributed by atoms with E-state index in [1.54, 1.807) is 18.3 Å². The molecule has 0 atom stereocenters. The summed E-state index contributed by atoms with van der Waals surface area (Å²) in [5.41, 5.74) is 2.46. The van der Waals surface area contributed by atoms with E-state index in [0.717, 1.165) is 23.4 Å². The predicted octanol–water partition coefficient (Wildman–Crippen LogP) is 4.18. The Morgan fingerprint density at radius 1 is 1.56 bits per heavy atom. The van der Waals surface area contributed by atoms with Gasteiger partial charge in [0.15, 0.2) is 0 Å². The summed E-state index contributed by atoms with van der Waals surface area (Å²) in [7, 11) is 0. The standard InChI is InChI=1S/C14H17FN2O/c1-5-12(16-4)9-17-13-7-6-8-14(10(13)2)18-11(3)15/h6-9,17H,3-5H2,1-2H3/b12-9-. The molecule has 0 aromatic heterocycles. The largest absolute Gasteiger partial charge is 0.432 e. The summed E-state index contributed by atoms with van der Waals surface area (Å²) in [6, 6.07) is 4.50. The fourth-order valence-electron chi connectivity index (χ4n) is 1.42. The molecule has 0 bridgehead atoms. The molecular formula is C14H17FN2O. The SMILES string of the molecule is C=N/C(=C\Nc1cccc(OC(=C)F)c1C)CC. The first-order valence-electron chi connectivity index (χ1n) is 5.62. The third-order valence-electron chi connectivity index (χ3n) is 2.46. The number of hydrogen-bond donors (Lipinski definition) is 1. The molecule has 3 nitrogen and oxygen atoms in total. The monoisotopic (exact) mass is 248 g/mol. The summed E-state index contributed by atoms with van der Waals surface area (Å²) in [5, 5.41) is 3.10. The Bertz CT molecular complexity index is 481. The lowest BCUT2D eigenvalue weighted by molar-refractivity contribution is 0.303. The first kappa shape index (κ1) is 14.0. The molecule has 0 heterocycles. The summed E-state index contributed by atoms with van der Waals surface area (Å²) in [6.45, 7) is 10.4. The van der Waals surface area contributed by atoms with Crippen molar-refractivity contribution in [2.45, 2.75) is 20.3 Å². The van der Waals surface area contributed by atoms with Gasteiger partial charge in [0.05, 0.1) is 5.70 Å². The molecule has 0 saturated carbocycles. The van der Waals surface area contributed by atoms with Crippen LogP contribution in [-0.2, 0) is 0 Å². The minimum absolute atomic E-state index is 0.436. The predicted molar refractivity (Wildman–Crippen MR) is 73.6 cm³/mol. The van der Waals surface area contributed by atoms with Gasteiger partial charge in [0.1, 0.15) is 5.75 Å². The molecule has 0 aliphatic rings. The molecule has 0 aliphatic carbocycles. The van der Waals surface area contributed by atoms with E-state index in [4.69, 9.17) is 4.74 Å². The van der Waals surface area contributed by atoms with E-state index >= 15 is 0 Å². The van der Waals surface area contributed by atoms with E-state index in [-0.39, 0.29) is 0 Å². The van der Waals surface area contributed by atoms with Crippen LogP contribution < -0.4 is 10.1 Å². The van der Waals surface area contributed by atoms with Crippen LogP contribution in [0, 0.1) is 6.92 Å². The lowest BCUT2D eigenvalue weighted by atomic mass is 10.2.